The van der Waals surface area contributed by atoms with E-state index in [9.17, 15) is 8.42 Å². The van der Waals surface area contributed by atoms with Crippen molar-refractivity contribution in [2.24, 2.45) is 23.7 Å². The van der Waals surface area contributed by atoms with Gasteiger partial charge in [0.05, 0.1) is 6.33 Å². The average molecular weight is 323 g/mol. The second-order valence-corrected chi connectivity index (χ2v) is 9.30. The largest absolute Gasteiger partial charge is 0.334 e. The Labute approximate surface area is 132 Å². The normalized spacial score (nSPS) is 37.1. The highest BCUT2D eigenvalue weighted by atomic mass is 32.2. The van der Waals surface area contributed by atoms with Gasteiger partial charge in [0.1, 0.15) is 0 Å². The zero-order chi connectivity index (χ0) is 15.5. The van der Waals surface area contributed by atoms with Crippen molar-refractivity contribution in [2.45, 2.75) is 63.1 Å². The number of rotatable bonds is 4. The van der Waals surface area contributed by atoms with Crippen LogP contribution in [0.1, 0.15) is 52.0 Å². The molecule has 0 saturated heterocycles. The van der Waals surface area contributed by atoms with Crippen molar-refractivity contribution in [3.8, 4) is 0 Å². The second-order valence-electron chi connectivity index (χ2n) is 7.63. The van der Waals surface area contributed by atoms with Crippen molar-refractivity contribution in [3.63, 3.8) is 0 Å². The van der Waals surface area contributed by atoms with Gasteiger partial charge >= 0.3 is 0 Å². The molecule has 5 unspecified atom stereocenters. The molecule has 1 N–H and O–H groups in total. The molecular formula is C16H25N3O2S. The average Bonchev–Trinajstić information content (AvgIpc) is 3.20. The first kappa shape index (κ1) is 14.7. The van der Waals surface area contributed by atoms with E-state index in [0.717, 1.165) is 24.2 Å². The van der Waals surface area contributed by atoms with Crippen LogP contribution < -0.4 is 4.72 Å². The molecule has 0 amide bonds. The molecule has 1 aromatic rings. The van der Waals surface area contributed by atoms with Gasteiger partial charge in [-0.15, -0.1) is 0 Å². The molecule has 3 aliphatic carbocycles. The van der Waals surface area contributed by atoms with Crippen LogP contribution in [0.4, 0.5) is 0 Å². The summed E-state index contributed by atoms with van der Waals surface area (Å²) in [7, 11) is -3.49. The van der Waals surface area contributed by atoms with Gasteiger partial charge in [-0.3, -0.25) is 0 Å². The smallest absolute Gasteiger partial charge is 0.259 e. The number of imidazole rings is 1. The molecule has 2 bridgehead atoms. The molecule has 1 heterocycles. The molecule has 6 heteroatoms. The Morgan fingerprint density at radius 2 is 2.00 bits per heavy atom. The SMILES string of the molecule is CC(C)n1cnc(S(=O)(=O)NC2CC3CC2C2CCCC32)c1. The van der Waals surface area contributed by atoms with Crippen LogP contribution >= 0.6 is 0 Å². The van der Waals surface area contributed by atoms with Gasteiger partial charge in [-0.25, -0.2) is 18.1 Å². The van der Waals surface area contributed by atoms with Crippen LogP contribution in [0, 0.1) is 23.7 Å². The lowest BCUT2D eigenvalue weighted by molar-refractivity contribution is 0.224. The van der Waals surface area contributed by atoms with E-state index in [1.165, 1.54) is 25.7 Å². The second kappa shape index (κ2) is 5.06. The standard InChI is InChI=1S/C16H25N3O2S/c1-10(2)19-8-16(17-9-19)22(20,21)18-15-7-11-6-14(15)13-5-3-4-12(11)13/h8-15,18H,3-7H2,1-2H3. The Balaban J connectivity index is 1.51. The van der Waals surface area contributed by atoms with E-state index < -0.39 is 10.0 Å². The first-order valence-electron chi connectivity index (χ1n) is 8.51. The maximum atomic E-state index is 12.6. The van der Waals surface area contributed by atoms with E-state index in [4.69, 9.17) is 0 Å². The van der Waals surface area contributed by atoms with Gasteiger partial charge in [-0.2, -0.15) is 0 Å². The molecule has 0 spiro atoms. The summed E-state index contributed by atoms with van der Waals surface area (Å²) in [6.45, 7) is 4.03. The van der Waals surface area contributed by atoms with Crippen LogP contribution in [0.5, 0.6) is 0 Å². The van der Waals surface area contributed by atoms with Gasteiger partial charge in [-0.05, 0) is 63.2 Å². The van der Waals surface area contributed by atoms with E-state index in [1.54, 1.807) is 12.5 Å². The fraction of sp³-hybridized carbons (Fsp3) is 0.812. The van der Waals surface area contributed by atoms with E-state index in [-0.39, 0.29) is 17.1 Å². The van der Waals surface area contributed by atoms with E-state index in [2.05, 4.69) is 9.71 Å². The number of hydrogen-bond donors (Lipinski definition) is 1. The molecule has 3 saturated carbocycles. The van der Waals surface area contributed by atoms with Crippen molar-refractivity contribution >= 4 is 10.0 Å². The van der Waals surface area contributed by atoms with E-state index >= 15 is 0 Å². The Morgan fingerprint density at radius 1 is 1.23 bits per heavy atom. The van der Waals surface area contributed by atoms with Gasteiger partial charge in [0.2, 0.25) is 0 Å². The minimum absolute atomic E-state index is 0.124. The van der Waals surface area contributed by atoms with Crippen molar-refractivity contribution in [3.05, 3.63) is 12.5 Å². The third kappa shape index (κ3) is 2.22. The zero-order valence-corrected chi connectivity index (χ0v) is 14.1. The highest BCUT2D eigenvalue weighted by molar-refractivity contribution is 7.89. The van der Waals surface area contributed by atoms with E-state index in [1.807, 2.05) is 18.4 Å². The Bertz CT molecular complexity index is 667. The van der Waals surface area contributed by atoms with Crippen molar-refractivity contribution in [1.29, 1.82) is 0 Å². The third-order valence-corrected chi connectivity index (χ3v) is 7.56. The molecule has 3 aliphatic rings. The predicted octanol–water partition coefficient (Wildman–Crippen LogP) is 2.57. The number of sulfonamides is 1. The maximum absolute atomic E-state index is 12.6. The molecule has 0 radical (unpaired) electrons. The van der Waals surface area contributed by atoms with Crippen LogP contribution in [0.15, 0.2) is 17.6 Å². The lowest BCUT2D eigenvalue weighted by Gasteiger charge is -2.31. The highest BCUT2D eigenvalue weighted by Crippen LogP contribution is 2.58. The number of fused-ring (bicyclic) bond motifs is 5. The molecule has 5 nitrogen and oxygen atoms in total. The molecule has 3 fully saturated rings. The first-order chi connectivity index (χ1) is 10.5. The van der Waals surface area contributed by atoms with Crippen LogP contribution in [0.25, 0.3) is 0 Å². The summed E-state index contributed by atoms with van der Waals surface area (Å²) in [4.78, 5) is 4.09. The Kier molecular flexibility index (Phi) is 3.38. The fourth-order valence-corrected chi connectivity index (χ4v) is 6.44. The van der Waals surface area contributed by atoms with Gasteiger partial charge < -0.3 is 4.57 Å². The van der Waals surface area contributed by atoms with Gasteiger partial charge in [0.25, 0.3) is 10.0 Å². The molecule has 0 aliphatic heterocycles. The third-order valence-electron chi connectivity index (χ3n) is 6.18. The molecule has 1 aromatic heterocycles. The summed E-state index contributed by atoms with van der Waals surface area (Å²) in [6.07, 6.45) is 9.49. The van der Waals surface area contributed by atoms with Crippen LogP contribution in [0.3, 0.4) is 0 Å². The topological polar surface area (TPSA) is 64.0 Å². The monoisotopic (exact) mass is 323 g/mol. The number of nitrogens with one attached hydrogen (secondary N) is 1. The minimum Gasteiger partial charge on any atom is -0.334 e. The van der Waals surface area contributed by atoms with Crippen molar-refractivity contribution < 1.29 is 8.42 Å². The summed E-state index contributed by atoms with van der Waals surface area (Å²) in [5.41, 5.74) is 0. The predicted molar refractivity (Wildman–Crippen MR) is 83.8 cm³/mol. The van der Waals surface area contributed by atoms with E-state index in [0.29, 0.717) is 5.92 Å². The number of hydrogen-bond acceptors (Lipinski definition) is 3. The maximum Gasteiger partial charge on any atom is 0.259 e. The van der Waals surface area contributed by atoms with Crippen LogP contribution in [-0.4, -0.2) is 24.0 Å². The Hall–Kier alpha value is -0.880. The lowest BCUT2D eigenvalue weighted by Crippen LogP contribution is -2.42. The summed E-state index contributed by atoms with van der Waals surface area (Å²) in [5.74, 6) is 2.95. The summed E-state index contributed by atoms with van der Waals surface area (Å²) >= 11 is 0. The number of aromatic nitrogens is 2. The van der Waals surface area contributed by atoms with Crippen molar-refractivity contribution in [1.82, 2.24) is 14.3 Å². The quantitative estimate of drug-likeness (QED) is 0.926. The molecule has 122 valence electrons. The van der Waals surface area contributed by atoms with Gasteiger partial charge in [0.15, 0.2) is 5.03 Å². The fourth-order valence-electron chi connectivity index (χ4n) is 5.20. The van der Waals surface area contributed by atoms with Crippen LogP contribution in [0.2, 0.25) is 0 Å². The first-order valence-corrected chi connectivity index (χ1v) is 10.00. The number of nitrogens with zero attached hydrogens (tertiary/aromatic N) is 2. The summed E-state index contributed by atoms with van der Waals surface area (Å²) in [5, 5.41) is 0.159. The molecular weight excluding hydrogens is 298 g/mol. The zero-order valence-electron chi connectivity index (χ0n) is 13.3. The van der Waals surface area contributed by atoms with Gasteiger partial charge in [0, 0.05) is 18.3 Å². The van der Waals surface area contributed by atoms with Crippen molar-refractivity contribution in [2.75, 3.05) is 0 Å². The highest BCUT2D eigenvalue weighted by Gasteiger charge is 2.54. The summed E-state index contributed by atoms with van der Waals surface area (Å²) in [6, 6.07) is 0.344. The minimum atomic E-state index is -3.49. The molecule has 5 atom stereocenters. The molecule has 0 aromatic carbocycles. The van der Waals surface area contributed by atoms with Gasteiger partial charge in [-0.1, -0.05) is 6.42 Å². The molecule has 22 heavy (non-hydrogen) atoms. The summed E-state index contributed by atoms with van der Waals surface area (Å²) < 4.78 is 30.0. The molecule has 4 rings (SSSR count). The van der Waals surface area contributed by atoms with Crippen LogP contribution in [-0.2, 0) is 10.0 Å². The Morgan fingerprint density at radius 3 is 2.73 bits per heavy atom. The lowest BCUT2D eigenvalue weighted by atomic mass is 9.79.